The van der Waals surface area contributed by atoms with Gasteiger partial charge in [-0.15, -0.1) is 11.3 Å². The molecule has 1 aromatic heterocycles. The molecule has 0 bridgehead atoms. The van der Waals surface area contributed by atoms with Crippen LogP contribution in [0.3, 0.4) is 0 Å². The van der Waals surface area contributed by atoms with E-state index >= 15 is 0 Å². The van der Waals surface area contributed by atoms with Crippen molar-refractivity contribution in [3.63, 3.8) is 0 Å². The Morgan fingerprint density at radius 1 is 1.13 bits per heavy atom. The Morgan fingerprint density at radius 3 is 2.87 bits per heavy atom. The molecule has 0 spiro atoms. The minimum atomic E-state index is 0.404. The molecule has 1 nitrogen and oxygen atoms in total. The van der Waals surface area contributed by atoms with Gasteiger partial charge in [0.1, 0.15) is 0 Å². The lowest BCUT2D eigenvalue weighted by Crippen LogP contribution is -2.29. The molecule has 1 aliphatic heterocycles. The summed E-state index contributed by atoms with van der Waals surface area (Å²) in [5, 5.41) is 5.79. The summed E-state index contributed by atoms with van der Waals surface area (Å²) in [5.41, 5.74) is 2.84. The van der Waals surface area contributed by atoms with E-state index in [9.17, 15) is 0 Å². The van der Waals surface area contributed by atoms with Gasteiger partial charge < -0.3 is 5.32 Å². The van der Waals surface area contributed by atoms with E-state index in [0.29, 0.717) is 6.04 Å². The van der Waals surface area contributed by atoms with Gasteiger partial charge in [-0.1, -0.05) is 30.3 Å². The highest BCUT2D eigenvalue weighted by Crippen LogP contribution is 2.31. The fourth-order valence-corrected chi connectivity index (χ4v) is 3.11. The molecule has 2 heterocycles. The topological polar surface area (TPSA) is 12.0 Å². The summed E-state index contributed by atoms with van der Waals surface area (Å²) in [5.74, 6) is 0. The molecule has 1 aliphatic rings. The molecular weight excluding hydrogens is 202 g/mol. The van der Waals surface area contributed by atoms with E-state index in [2.05, 4.69) is 47.1 Å². The summed E-state index contributed by atoms with van der Waals surface area (Å²) >= 11 is 1.88. The highest BCUT2D eigenvalue weighted by molar-refractivity contribution is 7.10. The Bertz CT molecular complexity index is 447. The Labute approximate surface area is 93.8 Å². The number of hydrogen-bond acceptors (Lipinski definition) is 2. The molecule has 1 atom stereocenters. The Balaban J connectivity index is 2.03. The normalized spacial score (nSPS) is 19.9. The summed E-state index contributed by atoms with van der Waals surface area (Å²) in [7, 11) is 0. The molecule has 76 valence electrons. The smallest absolute Gasteiger partial charge is 0.0587 e. The van der Waals surface area contributed by atoms with Crippen molar-refractivity contribution in [2.45, 2.75) is 12.5 Å². The van der Waals surface area contributed by atoms with Crippen LogP contribution in [0.2, 0.25) is 0 Å². The first-order valence-electron chi connectivity index (χ1n) is 5.30. The molecule has 2 heteroatoms. The maximum absolute atomic E-state index is 3.58. The third kappa shape index (κ3) is 1.60. The van der Waals surface area contributed by atoms with Crippen LogP contribution in [0.1, 0.15) is 22.0 Å². The summed E-state index contributed by atoms with van der Waals surface area (Å²) in [6.07, 6.45) is 1.18. The minimum absolute atomic E-state index is 0.404. The van der Waals surface area contributed by atoms with Crippen LogP contribution in [-0.4, -0.2) is 6.54 Å². The van der Waals surface area contributed by atoms with E-state index in [0.717, 1.165) is 6.54 Å². The van der Waals surface area contributed by atoms with Crippen molar-refractivity contribution in [1.82, 2.24) is 5.32 Å². The highest BCUT2D eigenvalue weighted by atomic mass is 32.1. The molecule has 1 aromatic carbocycles. The zero-order valence-electron chi connectivity index (χ0n) is 8.44. The molecule has 0 saturated carbocycles. The second kappa shape index (κ2) is 3.80. The molecule has 0 saturated heterocycles. The second-order valence-corrected chi connectivity index (χ2v) is 4.85. The lowest BCUT2D eigenvalue weighted by molar-refractivity contribution is 0.575. The molecule has 0 amide bonds. The molecule has 15 heavy (non-hydrogen) atoms. The SMILES string of the molecule is c1ccc([C@H]2NCCc3sccc32)cc1. The highest BCUT2D eigenvalue weighted by Gasteiger charge is 2.21. The van der Waals surface area contributed by atoms with Crippen LogP contribution < -0.4 is 5.32 Å². The van der Waals surface area contributed by atoms with Crippen molar-refractivity contribution < 1.29 is 0 Å². The molecule has 0 aliphatic carbocycles. The lowest BCUT2D eigenvalue weighted by Gasteiger charge is -2.24. The van der Waals surface area contributed by atoms with Gasteiger partial charge in [-0.3, -0.25) is 0 Å². The van der Waals surface area contributed by atoms with Gasteiger partial charge in [-0.05, 0) is 29.0 Å². The van der Waals surface area contributed by atoms with Crippen LogP contribution >= 0.6 is 11.3 Å². The van der Waals surface area contributed by atoms with Crippen molar-refractivity contribution in [3.8, 4) is 0 Å². The van der Waals surface area contributed by atoms with E-state index < -0.39 is 0 Å². The van der Waals surface area contributed by atoms with E-state index in [4.69, 9.17) is 0 Å². The molecular formula is C13H13NS. The first-order valence-corrected chi connectivity index (χ1v) is 6.18. The average Bonchev–Trinajstić information content (AvgIpc) is 2.78. The van der Waals surface area contributed by atoms with Crippen LogP contribution in [-0.2, 0) is 6.42 Å². The number of rotatable bonds is 1. The third-order valence-corrected chi connectivity index (χ3v) is 3.92. The number of benzene rings is 1. The van der Waals surface area contributed by atoms with Crippen molar-refractivity contribution in [2.75, 3.05) is 6.54 Å². The van der Waals surface area contributed by atoms with Crippen molar-refractivity contribution >= 4 is 11.3 Å². The zero-order valence-corrected chi connectivity index (χ0v) is 9.26. The van der Waals surface area contributed by atoms with Gasteiger partial charge in [-0.25, -0.2) is 0 Å². The van der Waals surface area contributed by atoms with E-state index in [1.165, 1.54) is 17.5 Å². The van der Waals surface area contributed by atoms with Gasteiger partial charge >= 0.3 is 0 Å². The number of hydrogen-bond donors (Lipinski definition) is 1. The summed E-state index contributed by atoms with van der Waals surface area (Å²) in [4.78, 5) is 1.54. The van der Waals surface area contributed by atoms with Crippen molar-refractivity contribution in [1.29, 1.82) is 0 Å². The summed E-state index contributed by atoms with van der Waals surface area (Å²) in [6.45, 7) is 1.09. The first kappa shape index (κ1) is 9.13. The fourth-order valence-electron chi connectivity index (χ4n) is 2.19. The van der Waals surface area contributed by atoms with Gasteiger partial charge in [-0.2, -0.15) is 0 Å². The minimum Gasteiger partial charge on any atom is -0.306 e. The maximum Gasteiger partial charge on any atom is 0.0587 e. The number of fused-ring (bicyclic) bond motifs is 1. The standard InChI is InChI=1S/C13H13NS/c1-2-4-10(5-3-1)13-11-7-9-15-12(11)6-8-14-13/h1-5,7,9,13-14H,6,8H2/t13-/m1/s1. The largest absolute Gasteiger partial charge is 0.306 e. The van der Waals surface area contributed by atoms with E-state index in [-0.39, 0.29) is 0 Å². The predicted octanol–water partition coefficient (Wildman–Crippen LogP) is 2.98. The van der Waals surface area contributed by atoms with Crippen LogP contribution in [0.25, 0.3) is 0 Å². The number of nitrogens with one attached hydrogen (secondary N) is 1. The molecule has 2 aromatic rings. The monoisotopic (exact) mass is 215 g/mol. The maximum atomic E-state index is 3.58. The molecule has 0 unspecified atom stereocenters. The number of thiophene rings is 1. The summed E-state index contributed by atoms with van der Waals surface area (Å²) in [6, 6.07) is 13.3. The van der Waals surface area contributed by atoms with Crippen molar-refractivity contribution in [2.24, 2.45) is 0 Å². The molecule has 0 radical (unpaired) electrons. The first-order chi connectivity index (χ1) is 7.45. The van der Waals surface area contributed by atoms with E-state index in [1.54, 1.807) is 4.88 Å². The lowest BCUT2D eigenvalue weighted by atomic mass is 9.96. The zero-order chi connectivity index (χ0) is 10.1. The van der Waals surface area contributed by atoms with Gasteiger partial charge in [0.05, 0.1) is 6.04 Å². The Hall–Kier alpha value is -1.12. The van der Waals surface area contributed by atoms with Crippen LogP contribution in [0.5, 0.6) is 0 Å². The van der Waals surface area contributed by atoms with Crippen LogP contribution in [0.4, 0.5) is 0 Å². The summed E-state index contributed by atoms with van der Waals surface area (Å²) < 4.78 is 0. The van der Waals surface area contributed by atoms with E-state index in [1.807, 2.05) is 11.3 Å². The third-order valence-electron chi connectivity index (χ3n) is 2.92. The molecule has 3 rings (SSSR count). The fraction of sp³-hybridized carbons (Fsp3) is 0.231. The molecule has 0 fully saturated rings. The van der Waals surface area contributed by atoms with Gasteiger partial charge in [0.2, 0.25) is 0 Å². The molecule has 1 N–H and O–H groups in total. The van der Waals surface area contributed by atoms with Crippen LogP contribution in [0.15, 0.2) is 41.8 Å². The van der Waals surface area contributed by atoms with Gasteiger partial charge in [0.15, 0.2) is 0 Å². The van der Waals surface area contributed by atoms with Crippen LogP contribution in [0, 0.1) is 0 Å². The quantitative estimate of drug-likeness (QED) is 0.771. The van der Waals surface area contributed by atoms with Gasteiger partial charge in [0, 0.05) is 11.4 Å². The van der Waals surface area contributed by atoms with Gasteiger partial charge in [0.25, 0.3) is 0 Å². The second-order valence-electron chi connectivity index (χ2n) is 3.85. The predicted molar refractivity (Wildman–Crippen MR) is 64.3 cm³/mol. The average molecular weight is 215 g/mol. The Morgan fingerprint density at radius 2 is 2.00 bits per heavy atom. The Kier molecular flexibility index (Phi) is 2.31. The van der Waals surface area contributed by atoms with Crippen molar-refractivity contribution in [3.05, 3.63) is 57.8 Å².